The fraction of sp³-hybridized carbons (Fsp3) is 0.647. The lowest BCUT2D eigenvalue weighted by atomic mass is 9.62. The summed E-state index contributed by atoms with van der Waals surface area (Å²) < 4.78 is 26.5. The van der Waals surface area contributed by atoms with E-state index < -0.39 is 15.3 Å². The van der Waals surface area contributed by atoms with Crippen LogP contribution in [0.3, 0.4) is 0 Å². The summed E-state index contributed by atoms with van der Waals surface area (Å²) in [6.07, 6.45) is 6.36. The largest absolute Gasteiger partial charge is 0.352 e. The highest BCUT2D eigenvalue weighted by Crippen LogP contribution is 2.52. The normalized spacial score (nSPS) is 23.4. The third-order valence-electron chi connectivity index (χ3n) is 5.43. The molecular weight excluding hydrogens is 326 g/mol. The van der Waals surface area contributed by atoms with E-state index >= 15 is 0 Å². The Balaban J connectivity index is 1.70. The summed E-state index contributed by atoms with van der Waals surface area (Å²) in [5.74, 6) is -0.295. The van der Waals surface area contributed by atoms with E-state index in [1.165, 1.54) is 4.31 Å². The Morgan fingerprint density at radius 2 is 2.21 bits per heavy atom. The molecule has 2 aliphatic rings. The summed E-state index contributed by atoms with van der Waals surface area (Å²) in [7, 11) is -3.31. The van der Waals surface area contributed by atoms with E-state index in [2.05, 4.69) is 10.3 Å². The Kier molecular flexibility index (Phi) is 4.66. The molecule has 0 radical (unpaired) electrons. The number of sulfonamides is 1. The molecular formula is C17H25N3O3S. The van der Waals surface area contributed by atoms with E-state index in [0.29, 0.717) is 19.6 Å². The maximum atomic E-state index is 12.7. The third-order valence-corrected chi connectivity index (χ3v) is 7.62. The van der Waals surface area contributed by atoms with Crippen LogP contribution in [-0.4, -0.2) is 42.0 Å². The molecule has 2 fully saturated rings. The zero-order valence-electron chi connectivity index (χ0n) is 14.2. The van der Waals surface area contributed by atoms with Crippen molar-refractivity contribution in [3.63, 3.8) is 0 Å². The molecule has 2 heterocycles. The molecule has 0 aromatic carbocycles. The second-order valence-corrected chi connectivity index (χ2v) is 9.72. The molecule has 1 aromatic heterocycles. The summed E-state index contributed by atoms with van der Waals surface area (Å²) in [6, 6.07) is 3.75. The molecule has 1 atom stereocenters. The fourth-order valence-corrected chi connectivity index (χ4v) is 5.12. The summed E-state index contributed by atoms with van der Waals surface area (Å²) in [5, 5.41) is 2.51. The highest BCUT2D eigenvalue weighted by atomic mass is 32.2. The standard InChI is InChI=1S/C17H25N3O3S/c1-13(2)24(22,23)20-11-15(17(12-20)6-4-7-17)16(21)19-10-14-5-3-8-18-9-14/h3,5,8-9,13,15H,4,6-7,10-12H2,1-2H3,(H,19,21). The van der Waals surface area contributed by atoms with Crippen molar-refractivity contribution in [3.05, 3.63) is 30.1 Å². The monoisotopic (exact) mass is 351 g/mol. The molecule has 7 heteroatoms. The minimum Gasteiger partial charge on any atom is -0.352 e. The molecule has 1 amide bonds. The van der Waals surface area contributed by atoms with Gasteiger partial charge in [0.05, 0.1) is 11.2 Å². The first-order valence-electron chi connectivity index (χ1n) is 8.51. The van der Waals surface area contributed by atoms with Crippen LogP contribution >= 0.6 is 0 Å². The van der Waals surface area contributed by atoms with Gasteiger partial charge in [-0.05, 0) is 43.7 Å². The Morgan fingerprint density at radius 3 is 2.75 bits per heavy atom. The molecule has 3 rings (SSSR count). The molecule has 1 aliphatic heterocycles. The van der Waals surface area contributed by atoms with Crippen LogP contribution in [0.1, 0.15) is 38.7 Å². The second kappa shape index (κ2) is 6.44. The zero-order chi connectivity index (χ0) is 17.4. The van der Waals surface area contributed by atoms with Crippen molar-refractivity contribution in [1.29, 1.82) is 0 Å². The average Bonchev–Trinajstić information content (AvgIpc) is 2.95. The van der Waals surface area contributed by atoms with Crippen molar-refractivity contribution in [2.45, 2.75) is 44.9 Å². The number of nitrogens with one attached hydrogen (secondary N) is 1. The summed E-state index contributed by atoms with van der Waals surface area (Å²) >= 11 is 0. The molecule has 6 nitrogen and oxygen atoms in total. The van der Waals surface area contributed by atoms with Crippen LogP contribution in [0, 0.1) is 11.3 Å². The van der Waals surface area contributed by atoms with Crippen LogP contribution in [0.25, 0.3) is 0 Å². The van der Waals surface area contributed by atoms with Gasteiger partial charge in [0.15, 0.2) is 0 Å². The number of amides is 1. The van der Waals surface area contributed by atoms with Crippen LogP contribution in [-0.2, 0) is 21.4 Å². The average molecular weight is 351 g/mol. The van der Waals surface area contributed by atoms with E-state index in [1.54, 1.807) is 26.2 Å². The van der Waals surface area contributed by atoms with E-state index in [0.717, 1.165) is 24.8 Å². The number of pyridine rings is 1. The van der Waals surface area contributed by atoms with Crippen LogP contribution in [0.4, 0.5) is 0 Å². The molecule has 1 saturated carbocycles. The number of nitrogens with zero attached hydrogens (tertiary/aromatic N) is 2. The maximum Gasteiger partial charge on any atom is 0.225 e. The topological polar surface area (TPSA) is 79.4 Å². The van der Waals surface area contributed by atoms with Gasteiger partial charge in [0.2, 0.25) is 15.9 Å². The first kappa shape index (κ1) is 17.4. The molecule has 132 valence electrons. The van der Waals surface area contributed by atoms with Crippen LogP contribution < -0.4 is 5.32 Å². The first-order chi connectivity index (χ1) is 11.3. The molecule has 1 saturated heterocycles. The Labute approximate surface area is 143 Å². The smallest absolute Gasteiger partial charge is 0.225 e. The van der Waals surface area contributed by atoms with E-state index in [-0.39, 0.29) is 17.2 Å². The van der Waals surface area contributed by atoms with Gasteiger partial charge in [0, 0.05) is 32.0 Å². The van der Waals surface area contributed by atoms with Gasteiger partial charge in [0.1, 0.15) is 0 Å². The van der Waals surface area contributed by atoms with E-state index in [9.17, 15) is 13.2 Å². The number of aromatic nitrogens is 1. The molecule has 1 aliphatic carbocycles. The first-order valence-corrected chi connectivity index (χ1v) is 10.0. The van der Waals surface area contributed by atoms with Crippen molar-refractivity contribution in [3.8, 4) is 0 Å². The zero-order valence-corrected chi connectivity index (χ0v) is 15.1. The number of hydrogen-bond donors (Lipinski definition) is 1. The number of rotatable bonds is 5. The van der Waals surface area contributed by atoms with Gasteiger partial charge in [-0.1, -0.05) is 12.5 Å². The highest BCUT2D eigenvalue weighted by molar-refractivity contribution is 7.89. The van der Waals surface area contributed by atoms with E-state index in [4.69, 9.17) is 0 Å². The summed E-state index contributed by atoms with van der Waals surface area (Å²) in [6.45, 7) is 4.60. The predicted molar refractivity (Wildman–Crippen MR) is 91.5 cm³/mol. The minimum absolute atomic E-state index is 0.0417. The van der Waals surface area contributed by atoms with Crippen LogP contribution in [0.5, 0.6) is 0 Å². The van der Waals surface area contributed by atoms with Gasteiger partial charge >= 0.3 is 0 Å². The Bertz CT molecular complexity index is 699. The molecule has 1 aromatic rings. The summed E-state index contributed by atoms with van der Waals surface area (Å²) in [4.78, 5) is 16.8. The minimum atomic E-state index is -3.31. The maximum absolute atomic E-state index is 12.7. The highest BCUT2D eigenvalue weighted by Gasteiger charge is 2.55. The van der Waals surface area contributed by atoms with Gasteiger partial charge in [-0.15, -0.1) is 0 Å². The van der Waals surface area contributed by atoms with Gasteiger partial charge in [-0.25, -0.2) is 12.7 Å². The lowest BCUT2D eigenvalue weighted by Gasteiger charge is -2.42. The van der Waals surface area contributed by atoms with Gasteiger partial charge in [-0.2, -0.15) is 0 Å². The summed E-state index contributed by atoms with van der Waals surface area (Å²) in [5.41, 5.74) is 0.777. The number of carbonyl (C=O) groups is 1. The molecule has 24 heavy (non-hydrogen) atoms. The fourth-order valence-electron chi connectivity index (χ4n) is 3.73. The number of hydrogen-bond acceptors (Lipinski definition) is 4. The lowest BCUT2D eigenvalue weighted by Crippen LogP contribution is -2.45. The molecule has 1 unspecified atom stereocenters. The molecule has 1 N–H and O–H groups in total. The molecule has 0 bridgehead atoms. The van der Waals surface area contributed by atoms with Gasteiger partial charge in [-0.3, -0.25) is 9.78 Å². The Hall–Kier alpha value is -1.47. The lowest BCUT2D eigenvalue weighted by molar-refractivity contribution is -0.129. The Morgan fingerprint density at radius 1 is 1.46 bits per heavy atom. The van der Waals surface area contributed by atoms with Crippen molar-refractivity contribution in [2.75, 3.05) is 13.1 Å². The van der Waals surface area contributed by atoms with Crippen molar-refractivity contribution in [2.24, 2.45) is 11.3 Å². The van der Waals surface area contributed by atoms with Crippen LogP contribution in [0.2, 0.25) is 0 Å². The molecule has 1 spiro atoms. The van der Waals surface area contributed by atoms with Crippen LogP contribution in [0.15, 0.2) is 24.5 Å². The second-order valence-electron chi connectivity index (χ2n) is 7.23. The number of carbonyl (C=O) groups excluding carboxylic acids is 1. The third kappa shape index (κ3) is 3.07. The van der Waals surface area contributed by atoms with E-state index in [1.807, 2.05) is 12.1 Å². The predicted octanol–water partition coefficient (Wildman–Crippen LogP) is 1.54. The quantitative estimate of drug-likeness (QED) is 0.873. The van der Waals surface area contributed by atoms with Crippen molar-refractivity contribution >= 4 is 15.9 Å². The van der Waals surface area contributed by atoms with Crippen molar-refractivity contribution in [1.82, 2.24) is 14.6 Å². The van der Waals surface area contributed by atoms with Gasteiger partial charge in [0.25, 0.3) is 0 Å². The SMILES string of the molecule is CC(C)S(=O)(=O)N1CC(C(=O)NCc2cccnc2)C2(CCC2)C1. The van der Waals surface area contributed by atoms with Gasteiger partial charge < -0.3 is 5.32 Å². The van der Waals surface area contributed by atoms with Crippen molar-refractivity contribution < 1.29 is 13.2 Å².